The number of hydrogen-bond acceptors (Lipinski definition) is 13. The van der Waals surface area contributed by atoms with Gasteiger partial charge in [0, 0.05) is 65.1 Å². The van der Waals surface area contributed by atoms with Gasteiger partial charge in [-0.3, -0.25) is 14.4 Å². The minimum absolute atomic E-state index is 0.0176. The van der Waals surface area contributed by atoms with E-state index in [9.17, 15) is 39.9 Å². The number of aliphatic hydroxyl groups excluding tert-OH is 2. The van der Waals surface area contributed by atoms with Crippen LogP contribution in [0.3, 0.4) is 0 Å². The van der Waals surface area contributed by atoms with E-state index in [0.717, 1.165) is 22.3 Å². The Morgan fingerprint density at radius 3 is 1.34 bits per heavy atom. The highest BCUT2D eigenvalue weighted by atomic mass is 28.4. The van der Waals surface area contributed by atoms with Gasteiger partial charge in [0.2, 0.25) is 0 Å². The number of ether oxygens (including phenoxy) is 3. The molecule has 2 unspecified atom stereocenters. The maximum absolute atomic E-state index is 14.5. The molecule has 67 heavy (non-hydrogen) atoms. The Morgan fingerprint density at radius 2 is 1.00 bits per heavy atom. The van der Waals surface area contributed by atoms with Crippen LogP contribution >= 0.6 is 0 Å². The summed E-state index contributed by atoms with van der Waals surface area (Å²) < 4.78 is 30.6. The first kappa shape index (κ1) is 53.2. The van der Waals surface area contributed by atoms with Gasteiger partial charge in [0.25, 0.3) is 0 Å². The van der Waals surface area contributed by atoms with Crippen LogP contribution in [0.5, 0.6) is 0 Å². The van der Waals surface area contributed by atoms with Gasteiger partial charge in [-0.1, -0.05) is 69.2 Å². The number of carbonyl (C=O) groups is 3. The Hall–Kier alpha value is -1.64. The number of carbonyl (C=O) groups excluding carboxylic acids is 3. The Bertz CT molecular complexity index is 2120. The van der Waals surface area contributed by atoms with Gasteiger partial charge < -0.3 is 48.6 Å². The topological polar surface area (TPSA) is 199 Å². The molecule has 4 saturated carbocycles. The van der Waals surface area contributed by atoms with Crippen LogP contribution in [0.1, 0.15) is 116 Å². The summed E-state index contributed by atoms with van der Waals surface area (Å²) in [4.78, 5) is 41.1. The maximum Gasteiger partial charge on any atom is 0.303 e. The molecule has 0 spiro atoms. The highest BCUT2D eigenvalue weighted by Gasteiger charge is 2.77. The van der Waals surface area contributed by atoms with Crippen LogP contribution in [0.25, 0.3) is 0 Å². The molecule has 0 aromatic heterocycles. The zero-order valence-corrected chi connectivity index (χ0v) is 46.2. The molecule has 380 valence electrons. The van der Waals surface area contributed by atoms with Crippen molar-refractivity contribution in [1.82, 2.24) is 0 Å². The summed E-state index contributed by atoms with van der Waals surface area (Å²) in [6.45, 7) is 37.5. The van der Waals surface area contributed by atoms with E-state index >= 15 is 0 Å². The first-order valence-corrected chi connectivity index (χ1v) is 31.9. The zero-order valence-electron chi connectivity index (χ0n) is 44.2. The van der Waals surface area contributed by atoms with E-state index in [-0.39, 0.29) is 55.6 Å². The first-order chi connectivity index (χ1) is 30.3. The molecule has 18 atom stereocenters. The minimum Gasteiger partial charge on any atom is -0.454 e. The van der Waals surface area contributed by atoms with Crippen LogP contribution in [-0.4, -0.2) is 132 Å². The largest absolute Gasteiger partial charge is 0.454 e. The van der Waals surface area contributed by atoms with Gasteiger partial charge in [-0.2, -0.15) is 0 Å². The molecule has 15 heteroatoms. The van der Waals surface area contributed by atoms with Gasteiger partial charge in [-0.15, -0.1) is 0 Å². The second-order valence-corrected chi connectivity index (χ2v) is 35.1. The second-order valence-electron chi connectivity index (χ2n) is 26.1. The number of esters is 1. The monoisotopic (exact) mass is 975 g/mol. The zero-order chi connectivity index (χ0) is 50.7. The van der Waals surface area contributed by atoms with E-state index in [1.807, 2.05) is 83.1 Å². The van der Waals surface area contributed by atoms with Crippen molar-refractivity contribution in [3.63, 3.8) is 0 Å². The van der Waals surface area contributed by atoms with E-state index in [4.69, 9.17) is 23.1 Å². The highest BCUT2D eigenvalue weighted by Crippen LogP contribution is 2.67. The van der Waals surface area contributed by atoms with Crippen LogP contribution in [0.15, 0.2) is 22.3 Å². The van der Waals surface area contributed by atoms with Crippen molar-refractivity contribution in [1.29, 1.82) is 0 Å². The van der Waals surface area contributed by atoms with Crippen molar-refractivity contribution in [2.75, 3.05) is 13.2 Å². The first-order valence-electron chi connectivity index (χ1n) is 25.1. The maximum atomic E-state index is 14.5. The van der Waals surface area contributed by atoms with Crippen molar-refractivity contribution in [3.05, 3.63) is 22.3 Å². The molecule has 2 aliphatic heterocycles. The van der Waals surface area contributed by atoms with Gasteiger partial charge in [-0.25, -0.2) is 0 Å². The summed E-state index contributed by atoms with van der Waals surface area (Å²) >= 11 is 0. The van der Waals surface area contributed by atoms with Gasteiger partial charge in [-0.05, 0) is 100 Å². The average Bonchev–Trinajstić information content (AvgIpc) is 3.18. The fraction of sp³-hybridized carbons (Fsp3) is 0.865. The number of Topliss-reactive ketones (excluding diaryl/α,β-unsaturated/α-hetero) is 2. The summed E-state index contributed by atoms with van der Waals surface area (Å²) in [6, 6.07) is 0. The smallest absolute Gasteiger partial charge is 0.303 e. The third kappa shape index (κ3) is 7.29. The third-order valence-electron chi connectivity index (χ3n) is 19.6. The summed E-state index contributed by atoms with van der Waals surface area (Å²) in [5.41, 5.74) is -5.66. The lowest BCUT2D eigenvalue weighted by molar-refractivity contribution is -0.340. The average molecular weight is 975 g/mol. The molecule has 4 bridgehead atoms. The molecular formula is C52H86O13Si2. The van der Waals surface area contributed by atoms with Gasteiger partial charge in [0.15, 0.2) is 22.2 Å². The Labute approximate surface area is 402 Å². The van der Waals surface area contributed by atoms with Crippen molar-refractivity contribution in [2.45, 2.75) is 214 Å². The fourth-order valence-corrected chi connectivity index (χ4v) is 18.1. The van der Waals surface area contributed by atoms with E-state index in [0.29, 0.717) is 12.8 Å². The van der Waals surface area contributed by atoms with Crippen molar-refractivity contribution >= 4 is 34.2 Å². The fourth-order valence-electron chi connectivity index (χ4n) is 15.8. The minimum atomic E-state index is -2.02. The van der Waals surface area contributed by atoms with Crippen molar-refractivity contribution in [2.24, 2.45) is 57.2 Å². The van der Waals surface area contributed by atoms with Crippen LogP contribution in [0, 0.1) is 57.2 Å². The molecule has 0 aromatic carbocycles. The van der Waals surface area contributed by atoms with Gasteiger partial charge >= 0.3 is 5.97 Å². The lowest BCUT2D eigenvalue weighted by Crippen LogP contribution is -2.80. The predicted octanol–water partition coefficient (Wildman–Crippen LogP) is 6.68. The summed E-state index contributed by atoms with van der Waals surface area (Å²) in [6.07, 6.45) is -2.67. The van der Waals surface area contributed by atoms with Crippen LogP contribution in [-0.2, 0) is 37.4 Å². The van der Waals surface area contributed by atoms with Crippen molar-refractivity contribution in [3.8, 4) is 0 Å². The van der Waals surface area contributed by atoms with E-state index in [2.05, 4.69) is 39.3 Å². The second kappa shape index (κ2) is 16.2. The Morgan fingerprint density at radius 1 is 0.627 bits per heavy atom. The number of hydrogen-bond donors (Lipinski definition) is 5. The van der Waals surface area contributed by atoms with Crippen LogP contribution < -0.4 is 0 Å². The number of rotatable bonds is 5. The molecule has 8 rings (SSSR count). The molecule has 8 aliphatic rings. The number of ketones is 2. The molecule has 0 aromatic rings. The molecule has 6 aliphatic carbocycles. The molecule has 2 heterocycles. The number of fused-ring (bicyclic) bond motifs is 10. The van der Waals surface area contributed by atoms with Crippen LogP contribution in [0.2, 0.25) is 39.3 Å². The molecular weight excluding hydrogens is 889 g/mol. The lowest BCUT2D eigenvalue weighted by atomic mass is 9.42. The van der Waals surface area contributed by atoms with Gasteiger partial charge in [0.05, 0.1) is 43.7 Å². The molecule has 13 nitrogen and oxygen atoms in total. The summed E-state index contributed by atoms with van der Waals surface area (Å²) in [5, 5.41) is 60.9. The third-order valence-corrected chi connectivity index (χ3v) is 21.6. The molecule has 0 radical (unpaired) electrons. The molecule has 5 N–H and O–H groups in total. The molecule has 6 fully saturated rings. The van der Waals surface area contributed by atoms with Crippen LogP contribution in [0.4, 0.5) is 0 Å². The number of aliphatic hydroxyl groups is 5. The Balaban J connectivity index is 0.000000200. The molecule has 0 amide bonds. The highest BCUT2D eigenvalue weighted by molar-refractivity contribution is 6.70. The van der Waals surface area contributed by atoms with Crippen molar-refractivity contribution < 1.29 is 63.0 Å². The van der Waals surface area contributed by atoms with E-state index in [1.54, 1.807) is 0 Å². The van der Waals surface area contributed by atoms with Gasteiger partial charge in [0.1, 0.15) is 34.5 Å². The quantitative estimate of drug-likeness (QED) is 0.111. The molecule has 2 saturated heterocycles. The SMILES string of the molecule is CC(=O)O[C@@]12CO[C@@H]1C[C@H](C)[C@@]1(C)C(=O)[C@H](C)C3=C(C)[C@@H](O[Si](C)(C)C)C[C@@](O)([C@@H](O)C12)C3(C)C.CC1=C2[C@@H](C)C(=O)[C@@]3(C)C([C@H](O)[C@](O)(C[C@@H]1O[Si](C)(C)C)C2(C)C)[C@]1(O)CO[C@@H]1C[C@@H]3C. The lowest BCUT2D eigenvalue weighted by Gasteiger charge is -2.68. The predicted molar refractivity (Wildman–Crippen MR) is 259 cm³/mol. The standard InChI is InChI=1S/C27H44O7Si.C25H42O6Si/c1-14-11-19-26(13-32-19,33-17(4)28)21-23(30)27(31)12-18(34-35(8,9)10)15(2)20(24(27,5)6)16(3)22(29)25(14,21)7;1-13-10-17-24(28,12-30-17)19-21(27)25(29)11-16(31-32(7,8)9)14(2)18(22(25,4)5)15(3)20(26)23(13,19)6/h14,16,18-19,21,23,30-31H,11-13H2,1-10H3;13,15-17,19,21,27-29H,10-12H2,1-9H3/t14-,16+,18-,19+,21?,23-,25+,26-,27+;13-,15+,16-,17+,19?,21-,23+,24-,25+/m00/s1. The summed E-state index contributed by atoms with van der Waals surface area (Å²) in [5.74, 6) is -3.22. The summed E-state index contributed by atoms with van der Waals surface area (Å²) in [7, 11) is -3.99. The normalized spacial score (nSPS) is 48.8. The van der Waals surface area contributed by atoms with E-state index in [1.165, 1.54) is 6.92 Å². The Kier molecular flexibility index (Phi) is 12.8. The van der Waals surface area contributed by atoms with E-state index < -0.39 is 121 Å².